The first-order chi connectivity index (χ1) is 9.72. The van der Waals surface area contributed by atoms with Gasteiger partial charge in [0.05, 0.1) is 24.0 Å². The van der Waals surface area contributed by atoms with Crippen LogP contribution in [0.1, 0.15) is 16.8 Å². The molecule has 3 rings (SSSR count). The van der Waals surface area contributed by atoms with E-state index in [1.165, 1.54) is 0 Å². The molecule has 0 N–H and O–H groups in total. The van der Waals surface area contributed by atoms with E-state index in [4.69, 9.17) is 16.3 Å². The summed E-state index contributed by atoms with van der Waals surface area (Å²) in [6.07, 6.45) is 3.46. The van der Waals surface area contributed by atoms with E-state index in [9.17, 15) is 4.79 Å². The number of fused-ring (bicyclic) bond motifs is 1. The number of rotatable bonds is 3. The Morgan fingerprint density at radius 1 is 1.30 bits per heavy atom. The van der Waals surface area contributed by atoms with Gasteiger partial charge in [0, 0.05) is 16.8 Å². The van der Waals surface area contributed by atoms with E-state index in [-0.39, 0.29) is 18.8 Å². The van der Waals surface area contributed by atoms with Gasteiger partial charge in [-0.25, -0.2) is 0 Å². The van der Waals surface area contributed by atoms with Crippen LogP contribution in [0.4, 0.5) is 5.69 Å². The Bertz CT molecular complexity index is 698. The van der Waals surface area contributed by atoms with Crippen LogP contribution >= 0.6 is 11.6 Å². The average Bonchev–Trinajstić information content (AvgIpc) is 2.45. The fourth-order valence-electron chi connectivity index (χ4n) is 2.01. The van der Waals surface area contributed by atoms with Gasteiger partial charge in [-0.15, -0.1) is 0 Å². The van der Waals surface area contributed by atoms with Crippen molar-refractivity contribution >= 4 is 28.8 Å². The lowest BCUT2D eigenvalue weighted by molar-refractivity contribution is 0.0998. The number of pyridine rings is 1. The highest BCUT2D eigenvalue weighted by Gasteiger charge is 2.20. The van der Waals surface area contributed by atoms with Crippen LogP contribution in [0.5, 0.6) is 5.75 Å². The second-order valence-electron chi connectivity index (χ2n) is 4.42. The number of halogens is 1. The first kappa shape index (κ1) is 12.8. The van der Waals surface area contributed by atoms with Crippen LogP contribution in [0.25, 0.3) is 0 Å². The number of carbonyl (C=O) groups excluding carboxylic acids is 1. The number of benzene rings is 1. The van der Waals surface area contributed by atoms with E-state index in [1.54, 1.807) is 30.6 Å². The fraction of sp³-hybridized carbons (Fsp3) is 0.133. The van der Waals surface area contributed by atoms with Crippen LogP contribution in [0.2, 0.25) is 5.02 Å². The molecule has 0 atom stereocenters. The number of carbonyl (C=O) groups is 1. The molecule has 0 fully saturated rings. The normalized spacial score (nSPS) is 13.7. The van der Waals surface area contributed by atoms with Crippen molar-refractivity contribution in [1.29, 1.82) is 0 Å². The van der Waals surface area contributed by atoms with E-state index >= 15 is 0 Å². The minimum atomic E-state index is 0.0436. The minimum Gasteiger partial charge on any atom is -0.488 e. The molecular formula is C15H11ClN2O2. The molecule has 0 radical (unpaired) electrons. The molecule has 1 aliphatic rings. The van der Waals surface area contributed by atoms with E-state index < -0.39 is 0 Å². The first-order valence-electron chi connectivity index (χ1n) is 6.14. The standard InChI is InChI=1S/C15H11ClN2O2/c16-10-2-1-3-12(6-10)20-9-11-7-15(19)13-4-5-17-8-14(13)18-11/h1-6,8H,7,9H2. The summed E-state index contributed by atoms with van der Waals surface area (Å²) in [6, 6.07) is 8.81. The predicted octanol–water partition coefficient (Wildman–Crippen LogP) is 3.47. The Kier molecular flexibility index (Phi) is 3.48. The van der Waals surface area contributed by atoms with Gasteiger partial charge < -0.3 is 4.74 Å². The highest BCUT2D eigenvalue weighted by Crippen LogP contribution is 2.25. The van der Waals surface area contributed by atoms with Gasteiger partial charge in [0.15, 0.2) is 5.78 Å². The summed E-state index contributed by atoms with van der Waals surface area (Å²) in [5.74, 6) is 0.701. The number of Topliss-reactive ketones (excluding diaryl/α,β-unsaturated/α-hetero) is 1. The van der Waals surface area contributed by atoms with Crippen molar-refractivity contribution in [3.05, 3.63) is 53.3 Å². The third-order valence-corrected chi connectivity index (χ3v) is 3.18. The zero-order valence-electron chi connectivity index (χ0n) is 10.5. The van der Waals surface area contributed by atoms with Crippen molar-refractivity contribution in [2.24, 2.45) is 4.99 Å². The number of ketones is 1. The maximum absolute atomic E-state index is 12.0. The van der Waals surface area contributed by atoms with Gasteiger partial charge in [0.2, 0.25) is 0 Å². The second kappa shape index (κ2) is 5.43. The molecule has 100 valence electrons. The first-order valence-corrected chi connectivity index (χ1v) is 6.52. The van der Waals surface area contributed by atoms with Crippen LogP contribution in [0.3, 0.4) is 0 Å². The molecule has 0 saturated carbocycles. The van der Waals surface area contributed by atoms with Crippen molar-refractivity contribution < 1.29 is 9.53 Å². The van der Waals surface area contributed by atoms with Crippen LogP contribution in [0, 0.1) is 0 Å². The SMILES string of the molecule is O=C1CC(COc2cccc(Cl)c2)=Nc2cnccc21. The van der Waals surface area contributed by atoms with Gasteiger partial charge in [-0.05, 0) is 24.3 Å². The molecule has 4 nitrogen and oxygen atoms in total. The van der Waals surface area contributed by atoms with Gasteiger partial charge in [-0.2, -0.15) is 0 Å². The lowest BCUT2D eigenvalue weighted by Crippen LogP contribution is -2.19. The summed E-state index contributed by atoms with van der Waals surface area (Å²) in [7, 11) is 0. The van der Waals surface area contributed by atoms with Crippen molar-refractivity contribution in [3.63, 3.8) is 0 Å². The molecular weight excluding hydrogens is 276 g/mol. The van der Waals surface area contributed by atoms with Gasteiger partial charge >= 0.3 is 0 Å². The lowest BCUT2D eigenvalue weighted by Gasteiger charge is -2.14. The summed E-state index contributed by atoms with van der Waals surface area (Å²) in [5.41, 5.74) is 1.91. The summed E-state index contributed by atoms with van der Waals surface area (Å²) in [6.45, 7) is 0.264. The monoisotopic (exact) mass is 286 g/mol. The second-order valence-corrected chi connectivity index (χ2v) is 4.85. The summed E-state index contributed by atoms with van der Waals surface area (Å²) in [5, 5.41) is 0.610. The quantitative estimate of drug-likeness (QED) is 0.868. The molecule has 2 heterocycles. The van der Waals surface area contributed by atoms with Crippen LogP contribution in [-0.2, 0) is 0 Å². The molecule has 0 amide bonds. The third-order valence-electron chi connectivity index (χ3n) is 2.95. The number of aromatic nitrogens is 1. The van der Waals surface area contributed by atoms with Gasteiger partial charge in [0.1, 0.15) is 12.4 Å². The molecule has 20 heavy (non-hydrogen) atoms. The molecule has 0 spiro atoms. The van der Waals surface area contributed by atoms with Gasteiger partial charge in [0.25, 0.3) is 0 Å². The molecule has 0 bridgehead atoms. The Hall–Kier alpha value is -2.20. The zero-order chi connectivity index (χ0) is 13.9. The number of hydrogen-bond donors (Lipinski definition) is 0. The zero-order valence-corrected chi connectivity index (χ0v) is 11.3. The number of nitrogens with zero attached hydrogens (tertiary/aromatic N) is 2. The van der Waals surface area contributed by atoms with Crippen molar-refractivity contribution in [2.45, 2.75) is 6.42 Å². The summed E-state index contributed by atoms with van der Waals surface area (Å²) < 4.78 is 5.60. The topological polar surface area (TPSA) is 51.5 Å². The van der Waals surface area contributed by atoms with Crippen LogP contribution in [-0.4, -0.2) is 23.1 Å². The molecule has 1 aromatic carbocycles. The van der Waals surface area contributed by atoms with E-state index in [0.29, 0.717) is 27.7 Å². The number of ether oxygens (including phenoxy) is 1. The fourth-order valence-corrected chi connectivity index (χ4v) is 2.19. The molecule has 0 unspecified atom stereocenters. The lowest BCUT2D eigenvalue weighted by atomic mass is 10.0. The summed E-state index contributed by atoms with van der Waals surface area (Å²) in [4.78, 5) is 20.4. The Balaban J connectivity index is 1.76. The molecule has 1 aliphatic heterocycles. The molecule has 5 heteroatoms. The Morgan fingerprint density at radius 3 is 3.05 bits per heavy atom. The molecule has 1 aromatic heterocycles. The van der Waals surface area contributed by atoms with E-state index in [0.717, 1.165) is 0 Å². The smallest absolute Gasteiger partial charge is 0.170 e. The van der Waals surface area contributed by atoms with E-state index in [1.807, 2.05) is 12.1 Å². The average molecular weight is 287 g/mol. The van der Waals surface area contributed by atoms with Gasteiger partial charge in [-0.1, -0.05) is 17.7 Å². The number of hydrogen-bond acceptors (Lipinski definition) is 4. The molecule has 0 aliphatic carbocycles. The van der Waals surface area contributed by atoms with Gasteiger partial charge in [-0.3, -0.25) is 14.8 Å². The maximum Gasteiger partial charge on any atom is 0.170 e. The predicted molar refractivity (Wildman–Crippen MR) is 77.2 cm³/mol. The van der Waals surface area contributed by atoms with Crippen LogP contribution in [0.15, 0.2) is 47.7 Å². The highest BCUT2D eigenvalue weighted by atomic mass is 35.5. The van der Waals surface area contributed by atoms with E-state index in [2.05, 4.69) is 9.98 Å². The Labute approximate surface area is 121 Å². The van der Waals surface area contributed by atoms with Crippen molar-refractivity contribution in [1.82, 2.24) is 4.98 Å². The third kappa shape index (κ3) is 2.70. The largest absolute Gasteiger partial charge is 0.488 e. The summed E-state index contributed by atoms with van der Waals surface area (Å²) >= 11 is 5.88. The highest BCUT2D eigenvalue weighted by molar-refractivity contribution is 6.30. The van der Waals surface area contributed by atoms with Crippen molar-refractivity contribution in [2.75, 3.05) is 6.61 Å². The maximum atomic E-state index is 12.0. The van der Waals surface area contributed by atoms with Crippen molar-refractivity contribution in [3.8, 4) is 5.75 Å². The minimum absolute atomic E-state index is 0.0436. The molecule has 0 saturated heterocycles. The molecule has 2 aromatic rings. The number of aliphatic imine (C=N–C) groups is 1. The van der Waals surface area contributed by atoms with Crippen LogP contribution < -0.4 is 4.74 Å². The Morgan fingerprint density at radius 2 is 2.20 bits per heavy atom.